The number of methoxy groups -OCH3 is 1. The zero-order chi connectivity index (χ0) is 12.2. The maximum atomic E-state index is 11.5. The van der Waals surface area contributed by atoms with Crippen LogP contribution in [0.1, 0.15) is 24.2 Å². The lowest BCUT2D eigenvalue weighted by Gasteiger charge is -2.21. The summed E-state index contributed by atoms with van der Waals surface area (Å²) < 4.78 is 4.01. The Bertz CT molecular complexity index is 399. The minimum atomic E-state index is -0.701. The predicted octanol–water partition coefficient (Wildman–Crippen LogP) is 2.54. The van der Waals surface area contributed by atoms with Gasteiger partial charge in [0.1, 0.15) is 4.75 Å². The highest BCUT2D eigenvalue weighted by Gasteiger charge is 2.30. The number of hydrogen-bond donors (Lipinski definition) is 0. The first-order valence-corrected chi connectivity index (χ1v) is 5.64. The van der Waals surface area contributed by atoms with Crippen molar-refractivity contribution in [1.82, 2.24) is 0 Å². The highest BCUT2D eigenvalue weighted by molar-refractivity contribution is 8.01. The molecule has 1 rings (SSSR count). The summed E-state index contributed by atoms with van der Waals surface area (Å²) in [5.74, 6) is -0.307. The number of carbonyl (C=O) groups is 2. The lowest BCUT2D eigenvalue weighted by molar-refractivity contribution is -0.142. The van der Waals surface area contributed by atoms with Crippen LogP contribution in [0.2, 0.25) is 0 Å². The van der Waals surface area contributed by atoms with Crippen LogP contribution in [-0.4, -0.2) is 24.1 Å². The van der Waals surface area contributed by atoms with E-state index in [-0.39, 0.29) is 5.97 Å². The highest BCUT2D eigenvalue weighted by atomic mass is 32.2. The first-order chi connectivity index (χ1) is 7.51. The summed E-state index contributed by atoms with van der Waals surface area (Å²) in [6.07, 6.45) is 0.787. The van der Waals surface area contributed by atoms with Crippen molar-refractivity contribution in [2.24, 2.45) is 0 Å². The second kappa shape index (κ2) is 5.16. The standard InChI is InChI=1S/C12H14O3S/c1-12(2,11(14)15-3)16-10-7-5-4-6-9(10)8-13/h4-8H,1-3H3. The second-order valence-corrected chi connectivity index (χ2v) is 5.42. The summed E-state index contributed by atoms with van der Waals surface area (Å²) in [4.78, 5) is 23.1. The third-order valence-electron chi connectivity index (χ3n) is 2.09. The lowest BCUT2D eigenvalue weighted by atomic mass is 10.2. The van der Waals surface area contributed by atoms with Gasteiger partial charge in [0.2, 0.25) is 0 Å². The SMILES string of the molecule is COC(=O)C(C)(C)Sc1ccccc1C=O. The normalized spacial score (nSPS) is 10.9. The van der Waals surface area contributed by atoms with Crippen molar-refractivity contribution >= 4 is 24.0 Å². The van der Waals surface area contributed by atoms with E-state index in [1.54, 1.807) is 26.0 Å². The molecule has 0 amide bonds. The van der Waals surface area contributed by atoms with Crippen molar-refractivity contribution in [1.29, 1.82) is 0 Å². The molecular weight excluding hydrogens is 224 g/mol. The van der Waals surface area contributed by atoms with Gasteiger partial charge in [0.05, 0.1) is 7.11 Å². The summed E-state index contributed by atoms with van der Waals surface area (Å²) in [7, 11) is 1.36. The minimum absolute atomic E-state index is 0.307. The molecule has 0 aliphatic carbocycles. The Morgan fingerprint density at radius 3 is 2.56 bits per heavy atom. The molecule has 0 atom stereocenters. The van der Waals surface area contributed by atoms with Crippen LogP contribution in [0.4, 0.5) is 0 Å². The Balaban J connectivity index is 2.95. The third kappa shape index (κ3) is 2.85. The molecular formula is C12H14O3S. The van der Waals surface area contributed by atoms with Crippen molar-refractivity contribution in [2.75, 3.05) is 7.11 Å². The molecule has 0 saturated carbocycles. The average Bonchev–Trinajstić information content (AvgIpc) is 2.28. The zero-order valence-corrected chi connectivity index (χ0v) is 10.3. The Labute approximate surface area is 99.2 Å². The molecule has 0 spiro atoms. The van der Waals surface area contributed by atoms with E-state index in [0.29, 0.717) is 5.56 Å². The third-order valence-corrected chi connectivity index (χ3v) is 3.36. The van der Waals surface area contributed by atoms with Crippen molar-refractivity contribution in [2.45, 2.75) is 23.5 Å². The quantitative estimate of drug-likeness (QED) is 0.459. The molecule has 3 nitrogen and oxygen atoms in total. The molecule has 4 heteroatoms. The van der Waals surface area contributed by atoms with Crippen molar-refractivity contribution in [3.63, 3.8) is 0 Å². The molecule has 0 bridgehead atoms. The van der Waals surface area contributed by atoms with Gasteiger partial charge in [-0.3, -0.25) is 9.59 Å². The largest absolute Gasteiger partial charge is 0.468 e. The van der Waals surface area contributed by atoms with Crippen molar-refractivity contribution in [3.8, 4) is 0 Å². The molecule has 0 aliphatic rings. The Hall–Kier alpha value is -1.29. The van der Waals surface area contributed by atoms with Gasteiger partial charge >= 0.3 is 5.97 Å². The van der Waals surface area contributed by atoms with Gasteiger partial charge in [-0.05, 0) is 19.9 Å². The monoisotopic (exact) mass is 238 g/mol. The molecule has 0 fully saturated rings. The number of hydrogen-bond acceptors (Lipinski definition) is 4. The number of ether oxygens (including phenoxy) is 1. The maximum Gasteiger partial charge on any atom is 0.321 e. The van der Waals surface area contributed by atoms with Gasteiger partial charge < -0.3 is 4.74 Å². The van der Waals surface area contributed by atoms with Crippen LogP contribution in [0.15, 0.2) is 29.2 Å². The molecule has 1 aromatic rings. The van der Waals surface area contributed by atoms with Gasteiger partial charge in [-0.1, -0.05) is 18.2 Å². The van der Waals surface area contributed by atoms with E-state index < -0.39 is 4.75 Å². The molecule has 0 heterocycles. The van der Waals surface area contributed by atoms with E-state index in [2.05, 4.69) is 0 Å². The fourth-order valence-corrected chi connectivity index (χ4v) is 2.33. The van der Waals surface area contributed by atoms with E-state index in [1.807, 2.05) is 12.1 Å². The van der Waals surface area contributed by atoms with E-state index in [9.17, 15) is 9.59 Å². The molecule has 16 heavy (non-hydrogen) atoms. The number of benzene rings is 1. The van der Waals surface area contributed by atoms with Gasteiger partial charge in [-0.2, -0.15) is 0 Å². The van der Waals surface area contributed by atoms with Gasteiger partial charge in [0.25, 0.3) is 0 Å². The molecule has 1 aromatic carbocycles. The van der Waals surface area contributed by atoms with E-state index in [0.717, 1.165) is 11.2 Å². The van der Waals surface area contributed by atoms with E-state index >= 15 is 0 Å². The second-order valence-electron chi connectivity index (χ2n) is 3.76. The van der Waals surface area contributed by atoms with Gasteiger partial charge in [-0.15, -0.1) is 11.8 Å². The topological polar surface area (TPSA) is 43.4 Å². The molecule has 0 saturated heterocycles. The van der Waals surface area contributed by atoms with Crippen LogP contribution in [0, 0.1) is 0 Å². The summed E-state index contributed by atoms with van der Waals surface area (Å²) in [5, 5.41) is 0. The molecule has 86 valence electrons. The molecule has 0 N–H and O–H groups in total. The molecule has 0 aromatic heterocycles. The predicted molar refractivity (Wildman–Crippen MR) is 63.8 cm³/mol. The van der Waals surface area contributed by atoms with E-state index in [1.165, 1.54) is 18.9 Å². The smallest absolute Gasteiger partial charge is 0.321 e. The summed E-state index contributed by atoms with van der Waals surface area (Å²) >= 11 is 1.32. The van der Waals surface area contributed by atoms with Crippen LogP contribution < -0.4 is 0 Å². The maximum absolute atomic E-state index is 11.5. The summed E-state index contributed by atoms with van der Waals surface area (Å²) in [6, 6.07) is 7.17. The number of aldehydes is 1. The van der Waals surface area contributed by atoms with Gasteiger partial charge in [0, 0.05) is 10.5 Å². The van der Waals surface area contributed by atoms with Crippen molar-refractivity contribution < 1.29 is 14.3 Å². The lowest BCUT2D eigenvalue weighted by Crippen LogP contribution is -2.29. The number of rotatable bonds is 4. The number of esters is 1. The van der Waals surface area contributed by atoms with Crippen LogP contribution in [0.25, 0.3) is 0 Å². The number of carbonyl (C=O) groups excluding carboxylic acids is 2. The van der Waals surface area contributed by atoms with Crippen molar-refractivity contribution in [3.05, 3.63) is 29.8 Å². The van der Waals surface area contributed by atoms with Crippen LogP contribution in [0.3, 0.4) is 0 Å². The summed E-state index contributed by atoms with van der Waals surface area (Å²) in [5.41, 5.74) is 0.587. The highest BCUT2D eigenvalue weighted by Crippen LogP contribution is 2.34. The average molecular weight is 238 g/mol. The summed E-state index contributed by atoms with van der Waals surface area (Å²) in [6.45, 7) is 3.54. The first-order valence-electron chi connectivity index (χ1n) is 4.83. The Morgan fingerprint density at radius 2 is 2.00 bits per heavy atom. The van der Waals surface area contributed by atoms with Crippen LogP contribution >= 0.6 is 11.8 Å². The fraction of sp³-hybridized carbons (Fsp3) is 0.333. The minimum Gasteiger partial charge on any atom is -0.468 e. The molecule has 0 radical (unpaired) electrons. The molecule has 0 unspecified atom stereocenters. The Morgan fingerprint density at radius 1 is 1.38 bits per heavy atom. The molecule has 0 aliphatic heterocycles. The fourth-order valence-electron chi connectivity index (χ4n) is 1.23. The number of thioether (sulfide) groups is 1. The van der Waals surface area contributed by atoms with E-state index in [4.69, 9.17) is 4.74 Å². The van der Waals surface area contributed by atoms with Crippen LogP contribution in [-0.2, 0) is 9.53 Å². The zero-order valence-electron chi connectivity index (χ0n) is 9.52. The Kier molecular flexibility index (Phi) is 4.12. The first kappa shape index (κ1) is 12.8. The van der Waals surface area contributed by atoms with Gasteiger partial charge in [0.15, 0.2) is 6.29 Å². The van der Waals surface area contributed by atoms with Gasteiger partial charge in [-0.25, -0.2) is 0 Å². The van der Waals surface area contributed by atoms with Crippen LogP contribution in [0.5, 0.6) is 0 Å².